The lowest BCUT2D eigenvalue weighted by Crippen LogP contribution is -2.22. The molecule has 0 fully saturated rings. The summed E-state index contributed by atoms with van der Waals surface area (Å²) in [6, 6.07) is 7.74. The molecule has 0 heterocycles. The van der Waals surface area contributed by atoms with Gasteiger partial charge in [-0.05, 0) is 65.1 Å². The van der Waals surface area contributed by atoms with Crippen LogP contribution in [0.25, 0.3) is 0 Å². The first-order chi connectivity index (χ1) is 9.72. The molecule has 0 aliphatic rings. The van der Waals surface area contributed by atoms with Gasteiger partial charge in [0.25, 0.3) is 0 Å². The second-order valence-electron chi connectivity index (χ2n) is 5.14. The molecule has 0 aliphatic heterocycles. The molecule has 1 aromatic carbocycles. The highest BCUT2D eigenvalue weighted by molar-refractivity contribution is 5.32. The highest BCUT2D eigenvalue weighted by Crippen LogP contribution is 2.18. The van der Waals surface area contributed by atoms with Crippen molar-refractivity contribution in [2.24, 2.45) is 0 Å². The number of hydrogen-bond acceptors (Lipinski definition) is 4. The van der Waals surface area contributed by atoms with Crippen LogP contribution in [0.4, 0.5) is 0 Å². The lowest BCUT2D eigenvalue weighted by Gasteiger charge is -2.10. The molecule has 0 atom stereocenters. The number of unbranched alkanes of at least 4 members (excludes halogenated alkanes) is 1. The Bertz CT molecular complexity index is 356. The van der Waals surface area contributed by atoms with Crippen molar-refractivity contribution in [3.8, 4) is 11.5 Å². The number of nitrogens with one attached hydrogen (secondary N) is 1. The maximum absolute atomic E-state index is 5.69. The highest BCUT2D eigenvalue weighted by Gasteiger charge is 1.97. The molecule has 0 radical (unpaired) electrons. The van der Waals surface area contributed by atoms with Crippen LogP contribution in [-0.4, -0.2) is 52.3 Å². The van der Waals surface area contributed by atoms with E-state index in [-0.39, 0.29) is 0 Å². The van der Waals surface area contributed by atoms with Crippen molar-refractivity contribution < 1.29 is 9.47 Å². The number of ether oxygens (including phenoxy) is 2. The van der Waals surface area contributed by atoms with Gasteiger partial charge in [0.05, 0.1) is 13.7 Å². The van der Waals surface area contributed by atoms with Gasteiger partial charge in [0.15, 0.2) is 0 Å². The Labute approximate surface area is 123 Å². The Morgan fingerprint density at radius 3 is 2.55 bits per heavy atom. The summed E-state index contributed by atoms with van der Waals surface area (Å²) >= 11 is 0. The zero-order valence-corrected chi connectivity index (χ0v) is 13.0. The summed E-state index contributed by atoms with van der Waals surface area (Å²) < 4.78 is 10.9. The molecule has 0 amide bonds. The number of nitrogens with zero attached hydrogens (tertiary/aromatic N) is 1. The molecular formula is C16H28N2O2. The summed E-state index contributed by atoms with van der Waals surface area (Å²) in [6.07, 6.45) is 3.41. The van der Waals surface area contributed by atoms with Crippen LogP contribution in [0.2, 0.25) is 0 Å². The van der Waals surface area contributed by atoms with E-state index < -0.39 is 0 Å². The summed E-state index contributed by atoms with van der Waals surface area (Å²) in [4.78, 5) is 2.21. The molecule has 0 saturated heterocycles. The molecule has 0 aromatic heterocycles. The molecule has 1 rings (SSSR count). The summed E-state index contributed by atoms with van der Waals surface area (Å²) in [5, 5.41) is 3.46. The molecule has 114 valence electrons. The predicted octanol–water partition coefficient (Wildman–Crippen LogP) is 2.40. The molecule has 1 aromatic rings. The molecular weight excluding hydrogens is 252 g/mol. The normalized spacial score (nSPS) is 10.8. The summed E-state index contributed by atoms with van der Waals surface area (Å²) in [5.74, 6) is 1.72. The fraction of sp³-hybridized carbons (Fsp3) is 0.625. The van der Waals surface area contributed by atoms with Crippen LogP contribution >= 0.6 is 0 Å². The molecule has 4 nitrogen and oxygen atoms in total. The standard InChI is InChI=1S/C16H28N2O2/c1-18(2)12-7-11-17-10-4-5-13-20-16-9-6-8-15(14-16)19-3/h6,8-9,14,17H,4-5,7,10-13H2,1-3H3. The van der Waals surface area contributed by atoms with E-state index in [0.29, 0.717) is 0 Å². The van der Waals surface area contributed by atoms with E-state index in [2.05, 4.69) is 24.3 Å². The molecule has 4 heteroatoms. The number of methoxy groups -OCH3 is 1. The Morgan fingerprint density at radius 1 is 1.05 bits per heavy atom. The zero-order chi connectivity index (χ0) is 14.6. The van der Waals surface area contributed by atoms with Crippen LogP contribution < -0.4 is 14.8 Å². The molecule has 0 aliphatic carbocycles. The van der Waals surface area contributed by atoms with Gasteiger partial charge in [-0.3, -0.25) is 0 Å². The Kier molecular flexibility index (Phi) is 8.83. The Balaban J connectivity index is 1.96. The van der Waals surface area contributed by atoms with Crippen molar-refractivity contribution in [1.82, 2.24) is 10.2 Å². The van der Waals surface area contributed by atoms with E-state index in [0.717, 1.165) is 50.6 Å². The second kappa shape index (κ2) is 10.5. The predicted molar refractivity (Wildman–Crippen MR) is 83.8 cm³/mol. The van der Waals surface area contributed by atoms with E-state index in [1.165, 1.54) is 6.42 Å². The SMILES string of the molecule is COc1cccc(OCCCCNCCCN(C)C)c1. The molecule has 1 N–H and O–H groups in total. The maximum atomic E-state index is 5.69. The number of benzene rings is 1. The first-order valence-corrected chi connectivity index (χ1v) is 7.34. The smallest absolute Gasteiger partial charge is 0.122 e. The van der Waals surface area contributed by atoms with Crippen LogP contribution in [0.3, 0.4) is 0 Å². The topological polar surface area (TPSA) is 33.7 Å². The minimum absolute atomic E-state index is 0.756. The van der Waals surface area contributed by atoms with Gasteiger partial charge < -0.3 is 19.7 Å². The Morgan fingerprint density at radius 2 is 1.80 bits per heavy atom. The summed E-state index contributed by atoms with van der Waals surface area (Å²) in [7, 11) is 5.88. The van der Waals surface area contributed by atoms with Gasteiger partial charge in [0.1, 0.15) is 11.5 Å². The van der Waals surface area contributed by atoms with Gasteiger partial charge in [0, 0.05) is 6.07 Å². The first kappa shape index (κ1) is 16.8. The zero-order valence-electron chi connectivity index (χ0n) is 13.0. The van der Waals surface area contributed by atoms with Crippen LogP contribution in [0.5, 0.6) is 11.5 Å². The summed E-state index contributed by atoms with van der Waals surface area (Å²) in [6.45, 7) is 4.06. The van der Waals surface area contributed by atoms with Crippen molar-refractivity contribution >= 4 is 0 Å². The quantitative estimate of drug-likeness (QED) is 0.631. The molecule has 20 heavy (non-hydrogen) atoms. The number of hydrogen-bond donors (Lipinski definition) is 1. The third-order valence-electron chi connectivity index (χ3n) is 3.02. The highest BCUT2D eigenvalue weighted by atomic mass is 16.5. The van der Waals surface area contributed by atoms with Crippen molar-refractivity contribution in [1.29, 1.82) is 0 Å². The van der Waals surface area contributed by atoms with Gasteiger partial charge in [-0.1, -0.05) is 6.07 Å². The molecule has 0 unspecified atom stereocenters. The van der Waals surface area contributed by atoms with E-state index >= 15 is 0 Å². The van der Waals surface area contributed by atoms with Crippen LogP contribution in [0.15, 0.2) is 24.3 Å². The van der Waals surface area contributed by atoms with Gasteiger partial charge >= 0.3 is 0 Å². The summed E-state index contributed by atoms with van der Waals surface area (Å²) in [5.41, 5.74) is 0. The average molecular weight is 280 g/mol. The lowest BCUT2D eigenvalue weighted by molar-refractivity contribution is 0.303. The van der Waals surface area contributed by atoms with Gasteiger partial charge in [0.2, 0.25) is 0 Å². The van der Waals surface area contributed by atoms with Crippen molar-refractivity contribution in [2.75, 3.05) is 47.4 Å². The van der Waals surface area contributed by atoms with Gasteiger partial charge in [-0.15, -0.1) is 0 Å². The minimum atomic E-state index is 0.756. The van der Waals surface area contributed by atoms with E-state index in [1.54, 1.807) is 7.11 Å². The third kappa shape index (κ3) is 8.02. The van der Waals surface area contributed by atoms with Gasteiger partial charge in [-0.25, -0.2) is 0 Å². The first-order valence-electron chi connectivity index (χ1n) is 7.34. The van der Waals surface area contributed by atoms with Crippen LogP contribution in [-0.2, 0) is 0 Å². The van der Waals surface area contributed by atoms with Gasteiger partial charge in [-0.2, -0.15) is 0 Å². The van der Waals surface area contributed by atoms with E-state index in [9.17, 15) is 0 Å². The fourth-order valence-corrected chi connectivity index (χ4v) is 1.88. The second-order valence-corrected chi connectivity index (χ2v) is 5.14. The largest absolute Gasteiger partial charge is 0.497 e. The molecule has 0 bridgehead atoms. The average Bonchev–Trinajstić information content (AvgIpc) is 2.45. The van der Waals surface area contributed by atoms with Crippen LogP contribution in [0.1, 0.15) is 19.3 Å². The Hall–Kier alpha value is -1.26. The lowest BCUT2D eigenvalue weighted by atomic mass is 10.3. The van der Waals surface area contributed by atoms with Crippen molar-refractivity contribution in [2.45, 2.75) is 19.3 Å². The van der Waals surface area contributed by atoms with E-state index in [1.807, 2.05) is 24.3 Å². The number of rotatable bonds is 11. The monoisotopic (exact) mass is 280 g/mol. The maximum Gasteiger partial charge on any atom is 0.122 e. The van der Waals surface area contributed by atoms with Crippen LogP contribution in [0, 0.1) is 0 Å². The molecule has 0 spiro atoms. The van der Waals surface area contributed by atoms with E-state index in [4.69, 9.17) is 9.47 Å². The van der Waals surface area contributed by atoms with Crippen molar-refractivity contribution in [3.05, 3.63) is 24.3 Å². The van der Waals surface area contributed by atoms with Crippen molar-refractivity contribution in [3.63, 3.8) is 0 Å². The minimum Gasteiger partial charge on any atom is -0.497 e. The fourth-order valence-electron chi connectivity index (χ4n) is 1.88. The third-order valence-corrected chi connectivity index (χ3v) is 3.02. The molecule has 0 saturated carbocycles.